The molecule has 1 aromatic heterocycles. The van der Waals surface area contributed by atoms with E-state index in [0.29, 0.717) is 0 Å². The Balaban J connectivity index is 1.72. The highest BCUT2D eigenvalue weighted by atomic mass is 16.2. The molecule has 0 aliphatic heterocycles. The number of carbonyl (C=O) groups is 2. The van der Waals surface area contributed by atoms with Crippen molar-refractivity contribution >= 4 is 22.8 Å². The van der Waals surface area contributed by atoms with Gasteiger partial charge in [-0.3, -0.25) is 9.59 Å². The summed E-state index contributed by atoms with van der Waals surface area (Å²) >= 11 is 0. The molecule has 1 heterocycles. The van der Waals surface area contributed by atoms with Crippen molar-refractivity contribution in [1.29, 1.82) is 0 Å². The van der Waals surface area contributed by atoms with Crippen molar-refractivity contribution in [3.05, 3.63) is 66.0 Å². The topological polar surface area (TPSA) is 86.9 Å². The summed E-state index contributed by atoms with van der Waals surface area (Å²) in [6.07, 6.45) is 0.245. The highest BCUT2D eigenvalue weighted by Gasteiger charge is 2.29. The summed E-state index contributed by atoms with van der Waals surface area (Å²) in [6.45, 7) is 7.93. The molecule has 2 atom stereocenters. The van der Waals surface area contributed by atoms with E-state index < -0.39 is 6.04 Å². The fraction of sp³-hybridized carbons (Fsp3) is 0.375. The van der Waals surface area contributed by atoms with Gasteiger partial charge in [0.1, 0.15) is 11.9 Å². The molecule has 30 heavy (non-hydrogen) atoms. The van der Waals surface area contributed by atoms with E-state index in [9.17, 15) is 9.59 Å². The van der Waals surface area contributed by atoms with Crippen LogP contribution < -0.4 is 10.6 Å². The van der Waals surface area contributed by atoms with Crippen molar-refractivity contribution in [3.63, 3.8) is 0 Å². The summed E-state index contributed by atoms with van der Waals surface area (Å²) < 4.78 is 0. The molecule has 6 nitrogen and oxygen atoms in total. The van der Waals surface area contributed by atoms with Crippen LogP contribution in [-0.2, 0) is 16.0 Å². The van der Waals surface area contributed by atoms with E-state index in [0.717, 1.165) is 22.4 Å². The van der Waals surface area contributed by atoms with Crippen LogP contribution in [0.15, 0.2) is 54.6 Å². The number of H-pyrrole nitrogens is 1. The number of para-hydroxylation sites is 2. The number of hydrogen-bond acceptors (Lipinski definition) is 3. The minimum atomic E-state index is -0.619. The van der Waals surface area contributed by atoms with Gasteiger partial charge in [-0.15, -0.1) is 0 Å². The minimum absolute atomic E-state index is 0.0480. The van der Waals surface area contributed by atoms with Gasteiger partial charge in [0.15, 0.2) is 0 Å². The molecule has 6 heteroatoms. The van der Waals surface area contributed by atoms with Crippen LogP contribution in [0.5, 0.6) is 0 Å². The highest BCUT2D eigenvalue weighted by Crippen LogP contribution is 2.22. The molecule has 158 valence electrons. The van der Waals surface area contributed by atoms with Crippen LogP contribution >= 0.6 is 0 Å². The number of rotatable bonds is 8. The third-order valence-corrected chi connectivity index (χ3v) is 5.14. The summed E-state index contributed by atoms with van der Waals surface area (Å²) in [7, 11) is 0. The first-order valence-corrected chi connectivity index (χ1v) is 10.4. The Kier molecular flexibility index (Phi) is 6.87. The Hall–Kier alpha value is -3.15. The van der Waals surface area contributed by atoms with Gasteiger partial charge in [-0.25, -0.2) is 4.98 Å². The molecule has 0 unspecified atom stereocenters. The zero-order valence-corrected chi connectivity index (χ0v) is 18.0. The lowest BCUT2D eigenvalue weighted by molar-refractivity contribution is -0.130. The third-order valence-electron chi connectivity index (χ3n) is 5.14. The molecule has 2 aromatic carbocycles. The predicted octanol–water partition coefficient (Wildman–Crippen LogP) is 3.76. The molecule has 0 aliphatic carbocycles. The van der Waals surface area contributed by atoms with Crippen molar-refractivity contribution in [3.8, 4) is 0 Å². The number of fused-ring (bicyclic) bond motifs is 1. The molecule has 3 aromatic rings. The third kappa shape index (κ3) is 5.26. The lowest BCUT2D eigenvalue weighted by Crippen LogP contribution is -2.51. The van der Waals surface area contributed by atoms with Crippen LogP contribution in [0.25, 0.3) is 11.0 Å². The van der Waals surface area contributed by atoms with E-state index in [1.807, 2.05) is 82.3 Å². The molecule has 0 saturated heterocycles. The Morgan fingerprint density at radius 2 is 1.57 bits per heavy atom. The van der Waals surface area contributed by atoms with E-state index in [-0.39, 0.29) is 36.1 Å². The zero-order chi connectivity index (χ0) is 21.7. The number of aromatic amines is 1. The first-order valence-electron chi connectivity index (χ1n) is 10.4. The maximum absolute atomic E-state index is 13.1. The Bertz CT molecular complexity index is 962. The monoisotopic (exact) mass is 406 g/mol. The summed E-state index contributed by atoms with van der Waals surface area (Å²) in [5.41, 5.74) is 2.72. The van der Waals surface area contributed by atoms with Gasteiger partial charge in [-0.2, -0.15) is 0 Å². The van der Waals surface area contributed by atoms with Crippen LogP contribution in [0, 0.1) is 11.8 Å². The van der Waals surface area contributed by atoms with Gasteiger partial charge in [0.25, 0.3) is 0 Å². The summed E-state index contributed by atoms with van der Waals surface area (Å²) in [5, 5.41) is 6.00. The maximum Gasteiger partial charge on any atom is 0.243 e. The minimum Gasteiger partial charge on any atom is -0.344 e. The molecule has 0 radical (unpaired) electrons. The Morgan fingerprint density at radius 3 is 2.20 bits per heavy atom. The van der Waals surface area contributed by atoms with E-state index in [4.69, 9.17) is 0 Å². The van der Waals surface area contributed by atoms with Crippen LogP contribution in [0.1, 0.15) is 45.1 Å². The van der Waals surface area contributed by atoms with E-state index in [1.54, 1.807) is 0 Å². The average Bonchev–Trinajstić information content (AvgIpc) is 3.14. The van der Waals surface area contributed by atoms with Gasteiger partial charge < -0.3 is 15.6 Å². The SMILES string of the molecule is CC(C)[C@H](NC(=O)Cc1ccccc1)C(=O)N[C@H](c1nc2ccccc2[nH]1)C(C)C. The Labute approximate surface area is 177 Å². The standard InChI is InChI=1S/C24H30N4O2/c1-15(2)21(23-25-18-12-8-9-13-19(18)26-23)28-24(30)22(16(3)4)27-20(29)14-17-10-6-5-7-11-17/h5-13,15-16,21-22H,14H2,1-4H3,(H,25,26)(H,27,29)(H,28,30)/t21-,22-/m0/s1. The lowest BCUT2D eigenvalue weighted by Gasteiger charge is -2.26. The molecular formula is C24H30N4O2. The van der Waals surface area contributed by atoms with E-state index in [1.165, 1.54) is 0 Å². The van der Waals surface area contributed by atoms with Crippen LogP contribution in [0.2, 0.25) is 0 Å². The summed E-state index contributed by atoms with van der Waals surface area (Å²) in [6, 6.07) is 16.4. The van der Waals surface area contributed by atoms with Gasteiger partial charge in [-0.05, 0) is 29.5 Å². The van der Waals surface area contributed by atoms with Crippen LogP contribution in [-0.4, -0.2) is 27.8 Å². The molecule has 0 aliphatic rings. The number of hydrogen-bond donors (Lipinski definition) is 3. The van der Waals surface area contributed by atoms with Crippen LogP contribution in [0.3, 0.4) is 0 Å². The second kappa shape index (κ2) is 9.57. The first kappa shape index (κ1) is 21.6. The van der Waals surface area contributed by atoms with E-state index in [2.05, 4.69) is 20.6 Å². The molecule has 0 saturated carbocycles. The van der Waals surface area contributed by atoms with Crippen molar-refractivity contribution in [2.75, 3.05) is 0 Å². The van der Waals surface area contributed by atoms with Crippen molar-refractivity contribution in [2.45, 2.75) is 46.2 Å². The van der Waals surface area contributed by atoms with Crippen molar-refractivity contribution in [1.82, 2.24) is 20.6 Å². The summed E-state index contributed by atoms with van der Waals surface area (Å²) in [5.74, 6) is 0.429. The lowest BCUT2D eigenvalue weighted by atomic mass is 9.99. The molecule has 0 spiro atoms. The zero-order valence-electron chi connectivity index (χ0n) is 18.0. The van der Waals surface area contributed by atoms with Gasteiger partial charge in [0.2, 0.25) is 11.8 Å². The number of aromatic nitrogens is 2. The number of carbonyl (C=O) groups excluding carboxylic acids is 2. The number of benzene rings is 2. The number of nitrogens with zero attached hydrogens (tertiary/aromatic N) is 1. The molecule has 0 bridgehead atoms. The Morgan fingerprint density at radius 1 is 0.900 bits per heavy atom. The fourth-order valence-corrected chi connectivity index (χ4v) is 3.45. The largest absolute Gasteiger partial charge is 0.344 e. The normalized spacial score (nSPS) is 13.4. The van der Waals surface area contributed by atoms with Gasteiger partial charge in [-0.1, -0.05) is 70.2 Å². The van der Waals surface area contributed by atoms with E-state index >= 15 is 0 Å². The first-order chi connectivity index (χ1) is 14.3. The fourth-order valence-electron chi connectivity index (χ4n) is 3.45. The molecule has 0 fully saturated rings. The summed E-state index contributed by atoms with van der Waals surface area (Å²) in [4.78, 5) is 33.6. The average molecular weight is 407 g/mol. The van der Waals surface area contributed by atoms with Gasteiger partial charge in [0, 0.05) is 0 Å². The van der Waals surface area contributed by atoms with Crippen molar-refractivity contribution in [2.24, 2.45) is 11.8 Å². The number of imidazole rings is 1. The maximum atomic E-state index is 13.1. The van der Waals surface area contributed by atoms with Crippen LogP contribution in [0.4, 0.5) is 0 Å². The van der Waals surface area contributed by atoms with Crippen molar-refractivity contribution < 1.29 is 9.59 Å². The molecule has 2 amide bonds. The quantitative estimate of drug-likeness (QED) is 0.532. The second-order valence-corrected chi connectivity index (χ2v) is 8.32. The number of amides is 2. The molecular weight excluding hydrogens is 376 g/mol. The molecule has 3 N–H and O–H groups in total. The molecule has 3 rings (SSSR count). The number of nitrogens with one attached hydrogen (secondary N) is 3. The predicted molar refractivity (Wildman–Crippen MR) is 119 cm³/mol. The smallest absolute Gasteiger partial charge is 0.243 e. The van der Waals surface area contributed by atoms with Gasteiger partial charge in [0.05, 0.1) is 23.5 Å². The second-order valence-electron chi connectivity index (χ2n) is 8.32. The highest BCUT2D eigenvalue weighted by molar-refractivity contribution is 5.89. The van der Waals surface area contributed by atoms with Gasteiger partial charge >= 0.3 is 0 Å².